The molecular weight excluding hydrogens is 557 g/mol. The van der Waals surface area contributed by atoms with Gasteiger partial charge in [0.05, 0.1) is 29.4 Å². The highest BCUT2D eigenvalue weighted by atomic mass is 35.5. The third-order valence-electron chi connectivity index (χ3n) is 5.61. The van der Waals surface area contributed by atoms with Gasteiger partial charge in [-0.3, -0.25) is 4.79 Å². The van der Waals surface area contributed by atoms with Gasteiger partial charge in [-0.1, -0.05) is 35.3 Å². The first kappa shape index (κ1) is 28.7. The van der Waals surface area contributed by atoms with Gasteiger partial charge in [-0.15, -0.1) is 0 Å². The van der Waals surface area contributed by atoms with Crippen molar-refractivity contribution in [3.63, 3.8) is 0 Å². The highest BCUT2D eigenvalue weighted by molar-refractivity contribution is 6.35. The summed E-state index contributed by atoms with van der Waals surface area (Å²) in [5, 5.41) is 22.7. The van der Waals surface area contributed by atoms with Crippen LogP contribution in [0.3, 0.4) is 0 Å². The highest BCUT2D eigenvalue weighted by Crippen LogP contribution is 2.34. The van der Waals surface area contributed by atoms with Crippen LogP contribution in [0.2, 0.25) is 10.0 Å². The summed E-state index contributed by atoms with van der Waals surface area (Å²) < 4.78 is 6.00. The fraction of sp³-hybridized carbons (Fsp3) is 0.185. The van der Waals surface area contributed by atoms with Crippen molar-refractivity contribution >= 4 is 58.1 Å². The maximum atomic E-state index is 12.2. The van der Waals surface area contributed by atoms with E-state index >= 15 is 0 Å². The fourth-order valence-corrected chi connectivity index (χ4v) is 4.16. The zero-order valence-corrected chi connectivity index (χ0v) is 22.9. The smallest absolute Gasteiger partial charge is 0.337 e. The maximum Gasteiger partial charge on any atom is 0.337 e. The summed E-state index contributed by atoms with van der Waals surface area (Å²) in [6.07, 6.45) is 0. The molecule has 0 aliphatic carbocycles. The van der Waals surface area contributed by atoms with Gasteiger partial charge in [0.2, 0.25) is 5.91 Å². The van der Waals surface area contributed by atoms with Crippen LogP contribution in [-0.4, -0.2) is 46.6 Å². The number of nitrogens with two attached hydrogens (primary N) is 1. The van der Waals surface area contributed by atoms with E-state index in [4.69, 9.17) is 33.4 Å². The number of nitrogens with one attached hydrogen (secondary N) is 4. The van der Waals surface area contributed by atoms with Gasteiger partial charge >= 0.3 is 5.97 Å². The Kier molecular flexibility index (Phi) is 9.43. The molecule has 1 amide bonds. The lowest BCUT2D eigenvalue weighted by atomic mass is 10.2. The molecule has 0 unspecified atom stereocenters. The minimum Gasteiger partial charge on any atom is -0.478 e. The number of para-hydroxylation sites is 1. The van der Waals surface area contributed by atoms with Crippen molar-refractivity contribution in [2.75, 3.05) is 35.6 Å². The first-order valence-corrected chi connectivity index (χ1v) is 13.0. The normalized spacial score (nSPS) is 10.7. The van der Waals surface area contributed by atoms with Gasteiger partial charge in [0, 0.05) is 23.7 Å². The Morgan fingerprint density at radius 2 is 1.80 bits per heavy atom. The van der Waals surface area contributed by atoms with Crippen LogP contribution in [0, 0.1) is 6.92 Å². The number of carboxylic acids is 1. The van der Waals surface area contributed by atoms with Gasteiger partial charge in [-0.05, 0) is 49.4 Å². The van der Waals surface area contributed by atoms with Crippen LogP contribution >= 0.6 is 23.2 Å². The number of carbonyl (C=O) groups is 2. The first-order valence-electron chi connectivity index (χ1n) is 12.2. The number of aromatic nitrogens is 2. The van der Waals surface area contributed by atoms with E-state index in [0.717, 1.165) is 0 Å². The van der Waals surface area contributed by atoms with Gasteiger partial charge in [0.15, 0.2) is 11.6 Å². The SMILES string of the molecule is Cc1nc(NCC(=O)NCCN)c(NCc2ccc(-c3cc(Cl)ccc3Cl)o2)c(Nc2ccccc2C(=O)O)n1. The quantitative estimate of drug-likeness (QED) is 0.135. The second-order valence-corrected chi connectivity index (χ2v) is 9.40. The Hall–Kier alpha value is -4.32. The molecule has 2 aromatic heterocycles. The summed E-state index contributed by atoms with van der Waals surface area (Å²) in [5.41, 5.74) is 6.91. The van der Waals surface area contributed by atoms with Crippen molar-refractivity contribution in [2.45, 2.75) is 13.5 Å². The predicted molar refractivity (Wildman–Crippen MR) is 155 cm³/mol. The molecule has 0 saturated carbocycles. The Bertz CT molecular complexity index is 1530. The van der Waals surface area contributed by atoms with Crippen molar-refractivity contribution < 1.29 is 19.1 Å². The van der Waals surface area contributed by atoms with Crippen molar-refractivity contribution in [2.24, 2.45) is 5.73 Å². The molecule has 0 saturated heterocycles. The van der Waals surface area contributed by atoms with E-state index in [1.165, 1.54) is 6.07 Å². The van der Waals surface area contributed by atoms with E-state index in [1.54, 1.807) is 55.5 Å². The standard InChI is InChI=1S/C27H27Cl2N7O4/c1-15-34-25(33-14-23(37)31-11-10-30)24(26(35-15)36-21-5-3-2-4-18(21)27(38)39)32-13-17-7-9-22(40-17)19-12-16(28)6-8-20(19)29/h2-9,12,32H,10-11,13-14,30H2,1H3,(H,31,37)(H,38,39)(H2,33,34,35,36). The number of amides is 1. The number of rotatable bonds is 12. The topological polar surface area (TPSA) is 167 Å². The molecule has 40 heavy (non-hydrogen) atoms. The van der Waals surface area contributed by atoms with Crippen LogP contribution in [0.5, 0.6) is 0 Å². The number of anilines is 4. The van der Waals surface area contributed by atoms with Crippen LogP contribution in [0.1, 0.15) is 21.9 Å². The van der Waals surface area contributed by atoms with Gasteiger partial charge < -0.3 is 36.5 Å². The van der Waals surface area contributed by atoms with E-state index in [0.29, 0.717) is 69.1 Å². The Labute approximate surface area is 240 Å². The lowest BCUT2D eigenvalue weighted by Crippen LogP contribution is -2.33. The Balaban J connectivity index is 1.64. The van der Waals surface area contributed by atoms with Crippen LogP contribution in [0.25, 0.3) is 11.3 Å². The van der Waals surface area contributed by atoms with Crippen LogP contribution in [-0.2, 0) is 11.3 Å². The molecule has 11 nitrogen and oxygen atoms in total. The zero-order chi connectivity index (χ0) is 28.6. The monoisotopic (exact) mass is 583 g/mol. The molecule has 0 bridgehead atoms. The Morgan fingerprint density at radius 1 is 1.02 bits per heavy atom. The number of nitrogens with zero attached hydrogens (tertiary/aromatic N) is 2. The zero-order valence-electron chi connectivity index (χ0n) is 21.4. The second-order valence-electron chi connectivity index (χ2n) is 8.55. The van der Waals surface area contributed by atoms with E-state index in [2.05, 4.69) is 31.2 Å². The molecule has 208 valence electrons. The molecule has 4 aromatic rings. The van der Waals surface area contributed by atoms with E-state index in [9.17, 15) is 14.7 Å². The van der Waals surface area contributed by atoms with Gasteiger partial charge in [-0.2, -0.15) is 0 Å². The van der Waals surface area contributed by atoms with Crippen molar-refractivity contribution in [3.8, 4) is 11.3 Å². The van der Waals surface area contributed by atoms with E-state index < -0.39 is 5.97 Å². The summed E-state index contributed by atoms with van der Waals surface area (Å²) in [5.74, 6) is 0.754. The van der Waals surface area contributed by atoms with Crippen LogP contribution < -0.4 is 27.0 Å². The van der Waals surface area contributed by atoms with Gasteiger partial charge in [0.1, 0.15) is 23.0 Å². The molecule has 13 heteroatoms. The first-order chi connectivity index (χ1) is 19.2. The van der Waals surface area contributed by atoms with Crippen molar-refractivity contribution in [1.29, 1.82) is 0 Å². The number of benzene rings is 2. The third-order valence-corrected chi connectivity index (χ3v) is 6.17. The van der Waals surface area contributed by atoms with Crippen molar-refractivity contribution in [3.05, 3.63) is 81.8 Å². The minimum absolute atomic E-state index is 0.0643. The Morgan fingerprint density at radius 3 is 2.58 bits per heavy atom. The highest BCUT2D eigenvalue weighted by Gasteiger charge is 2.18. The molecule has 2 aromatic carbocycles. The molecule has 0 atom stereocenters. The lowest BCUT2D eigenvalue weighted by Gasteiger charge is -2.18. The lowest BCUT2D eigenvalue weighted by molar-refractivity contribution is -0.119. The minimum atomic E-state index is -1.10. The van der Waals surface area contributed by atoms with E-state index in [1.807, 2.05) is 0 Å². The van der Waals surface area contributed by atoms with Gasteiger partial charge in [-0.25, -0.2) is 14.8 Å². The fourth-order valence-electron chi connectivity index (χ4n) is 3.78. The third kappa shape index (κ3) is 7.20. The molecule has 0 aliphatic rings. The number of halogens is 2. The summed E-state index contributed by atoms with van der Waals surface area (Å²) in [6, 6.07) is 15.1. The number of carbonyl (C=O) groups excluding carboxylic acids is 1. The van der Waals surface area contributed by atoms with Crippen LogP contribution in [0.15, 0.2) is 59.0 Å². The average molecular weight is 584 g/mol. The van der Waals surface area contributed by atoms with Crippen molar-refractivity contribution in [1.82, 2.24) is 15.3 Å². The number of aromatic carboxylic acids is 1. The molecule has 4 rings (SSSR count). The molecular formula is C27H27Cl2N7O4. The van der Waals surface area contributed by atoms with E-state index in [-0.39, 0.29) is 24.6 Å². The molecule has 0 spiro atoms. The number of hydrogen-bond donors (Lipinski definition) is 6. The largest absolute Gasteiger partial charge is 0.478 e. The summed E-state index contributed by atoms with van der Waals surface area (Å²) >= 11 is 12.5. The number of carboxylic acid groups (broad SMARTS) is 1. The maximum absolute atomic E-state index is 12.2. The molecule has 0 aliphatic heterocycles. The summed E-state index contributed by atoms with van der Waals surface area (Å²) in [6.45, 7) is 2.46. The molecule has 0 radical (unpaired) electrons. The summed E-state index contributed by atoms with van der Waals surface area (Å²) in [4.78, 5) is 33.0. The molecule has 2 heterocycles. The average Bonchev–Trinajstić information content (AvgIpc) is 3.40. The predicted octanol–water partition coefficient (Wildman–Crippen LogP) is 4.89. The molecule has 7 N–H and O–H groups in total. The molecule has 0 fully saturated rings. The van der Waals surface area contributed by atoms with Gasteiger partial charge in [0.25, 0.3) is 0 Å². The number of furan rings is 1. The number of hydrogen-bond acceptors (Lipinski definition) is 9. The summed E-state index contributed by atoms with van der Waals surface area (Å²) in [7, 11) is 0. The van der Waals surface area contributed by atoms with Crippen LogP contribution in [0.4, 0.5) is 23.0 Å². The number of aryl methyl sites for hydroxylation is 1. The second kappa shape index (κ2) is 13.2.